The predicted molar refractivity (Wildman–Crippen MR) is 74.9 cm³/mol. The van der Waals surface area contributed by atoms with Crippen LogP contribution in [-0.2, 0) is 0 Å². The molecule has 4 heteroatoms. The van der Waals surface area contributed by atoms with E-state index < -0.39 is 0 Å². The molecule has 1 aromatic heterocycles. The standard InChI is InChI=1S/C14H24N4/c1-11-12(2)17-13(9-15-11)16-10-14(18(3)4)7-5-6-8-14/h9H,5-8,10H2,1-4H3,(H,16,17). The van der Waals surface area contributed by atoms with Crippen molar-refractivity contribution in [2.45, 2.75) is 45.1 Å². The number of likely N-dealkylation sites (N-methyl/N-ethyl adjacent to an activating group) is 1. The van der Waals surface area contributed by atoms with Crippen LogP contribution in [0.1, 0.15) is 37.1 Å². The summed E-state index contributed by atoms with van der Waals surface area (Å²) < 4.78 is 0. The van der Waals surface area contributed by atoms with Crippen LogP contribution in [0.2, 0.25) is 0 Å². The largest absolute Gasteiger partial charge is 0.367 e. The van der Waals surface area contributed by atoms with Gasteiger partial charge < -0.3 is 10.2 Å². The van der Waals surface area contributed by atoms with Crippen molar-refractivity contribution < 1.29 is 0 Å². The number of hydrogen-bond donors (Lipinski definition) is 1. The molecular formula is C14H24N4. The molecule has 1 fully saturated rings. The highest BCUT2D eigenvalue weighted by molar-refractivity contribution is 5.34. The second-order valence-electron chi connectivity index (χ2n) is 5.61. The molecule has 18 heavy (non-hydrogen) atoms. The lowest BCUT2D eigenvalue weighted by Gasteiger charge is -2.36. The molecule has 0 atom stereocenters. The molecule has 4 nitrogen and oxygen atoms in total. The van der Waals surface area contributed by atoms with E-state index in [2.05, 4.69) is 34.3 Å². The summed E-state index contributed by atoms with van der Waals surface area (Å²) in [4.78, 5) is 11.2. The molecular weight excluding hydrogens is 224 g/mol. The zero-order valence-corrected chi connectivity index (χ0v) is 12.0. The SMILES string of the molecule is Cc1ncc(NCC2(N(C)C)CCCC2)nc1C. The second-order valence-corrected chi connectivity index (χ2v) is 5.61. The molecule has 1 heterocycles. The van der Waals surface area contributed by atoms with Crippen LogP contribution < -0.4 is 5.32 Å². The number of nitrogens with zero attached hydrogens (tertiary/aromatic N) is 3. The highest BCUT2D eigenvalue weighted by atomic mass is 15.2. The summed E-state index contributed by atoms with van der Waals surface area (Å²) in [6.07, 6.45) is 7.04. The topological polar surface area (TPSA) is 41.1 Å². The molecule has 1 saturated carbocycles. The Hall–Kier alpha value is -1.16. The molecule has 0 radical (unpaired) electrons. The Kier molecular flexibility index (Phi) is 3.85. The maximum Gasteiger partial charge on any atom is 0.144 e. The third kappa shape index (κ3) is 2.64. The second kappa shape index (κ2) is 5.22. The number of aryl methyl sites for hydroxylation is 2. The van der Waals surface area contributed by atoms with E-state index in [4.69, 9.17) is 0 Å². The maximum atomic E-state index is 4.53. The van der Waals surface area contributed by atoms with Crippen LogP contribution >= 0.6 is 0 Å². The molecule has 1 aliphatic rings. The molecule has 0 spiro atoms. The van der Waals surface area contributed by atoms with Gasteiger partial charge in [-0.15, -0.1) is 0 Å². The summed E-state index contributed by atoms with van der Waals surface area (Å²) >= 11 is 0. The van der Waals surface area contributed by atoms with Gasteiger partial charge in [0, 0.05) is 12.1 Å². The fourth-order valence-electron chi connectivity index (χ4n) is 2.70. The molecule has 0 unspecified atom stereocenters. The van der Waals surface area contributed by atoms with Crippen LogP contribution in [0.5, 0.6) is 0 Å². The van der Waals surface area contributed by atoms with Gasteiger partial charge in [0.25, 0.3) is 0 Å². The average molecular weight is 248 g/mol. The molecule has 100 valence electrons. The lowest BCUT2D eigenvalue weighted by molar-refractivity contribution is 0.172. The summed E-state index contributed by atoms with van der Waals surface area (Å²) in [7, 11) is 4.36. The lowest BCUT2D eigenvalue weighted by Crippen LogP contribution is -2.47. The van der Waals surface area contributed by atoms with Crippen molar-refractivity contribution >= 4 is 5.82 Å². The van der Waals surface area contributed by atoms with E-state index in [0.29, 0.717) is 5.54 Å². The summed E-state index contributed by atoms with van der Waals surface area (Å²) in [5.74, 6) is 0.895. The van der Waals surface area contributed by atoms with Crippen LogP contribution in [-0.4, -0.2) is 41.0 Å². The Balaban J connectivity index is 2.03. The van der Waals surface area contributed by atoms with Crippen molar-refractivity contribution in [3.8, 4) is 0 Å². The average Bonchev–Trinajstić information content (AvgIpc) is 2.81. The summed E-state index contributed by atoms with van der Waals surface area (Å²) in [5, 5.41) is 3.46. The van der Waals surface area contributed by atoms with Crippen LogP contribution in [0.3, 0.4) is 0 Å². The lowest BCUT2D eigenvalue weighted by atomic mass is 9.96. The van der Waals surface area contributed by atoms with E-state index in [0.717, 1.165) is 23.8 Å². The Morgan fingerprint density at radius 3 is 2.44 bits per heavy atom. The van der Waals surface area contributed by atoms with Crippen molar-refractivity contribution in [3.63, 3.8) is 0 Å². The molecule has 1 aromatic rings. The Morgan fingerprint density at radius 2 is 1.89 bits per heavy atom. The molecule has 0 saturated heterocycles. The monoisotopic (exact) mass is 248 g/mol. The van der Waals surface area contributed by atoms with Crippen molar-refractivity contribution in [1.82, 2.24) is 14.9 Å². The molecule has 0 amide bonds. The molecule has 0 aromatic carbocycles. The number of rotatable bonds is 4. The fourth-order valence-corrected chi connectivity index (χ4v) is 2.70. The quantitative estimate of drug-likeness (QED) is 0.888. The van der Waals surface area contributed by atoms with E-state index in [1.165, 1.54) is 25.7 Å². The number of aromatic nitrogens is 2. The predicted octanol–water partition coefficient (Wildman–Crippen LogP) is 2.38. The molecule has 0 bridgehead atoms. The van der Waals surface area contributed by atoms with Gasteiger partial charge in [0.2, 0.25) is 0 Å². The summed E-state index contributed by atoms with van der Waals surface area (Å²) in [5.41, 5.74) is 2.30. The number of anilines is 1. The van der Waals surface area contributed by atoms with Crippen molar-refractivity contribution in [3.05, 3.63) is 17.6 Å². The van der Waals surface area contributed by atoms with Gasteiger partial charge in [0.05, 0.1) is 17.6 Å². The number of nitrogens with one attached hydrogen (secondary N) is 1. The van der Waals surface area contributed by atoms with Crippen molar-refractivity contribution in [1.29, 1.82) is 0 Å². The van der Waals surface area contributed by atoms with E-state index in [1.807, 2.05) is 20.0 Å². The zero-order valence-electron chi connectivity index (χ0n) is 12.0. The summed E-state index contributed by atoms with van der Waals surface area (Å²) in [6.45, 7) is 4.95. The Morgan fingerprint density at radius 1 is 1.22 bits per heavy atom. The van der Waals surface area contributed by atoms with Gasteiger partial charge in [-0.3, -0.25) is 4.98 Å². The third-order valence-electron chi connectivity index (χ3n) is 4.27. The number of hydrogen-bond acceptors (Lipinski definition) is 4. The van der Waals surface area contributed by atoms with Gasteiger partial charge in [-0.1, -0.05) is 12.8 Å². The van der Waals surface area contributed by atoms with Gasteiger partial charge in [0.1, 0.15) is 5.82 Å². The highest BCUT2D eigenvalue weighted by Gasteiger charge is 2.35. The van der Waals surface area contributed by atoms with Crippen LogP contribution in [0.4, 0.5) is 5.82 Å². The minimum Gasteiger partial charge on any atom is -0.367 e. The van der Waals surface area contributed by atoms with Gasteiger partial charge in [0.15, 0.2) is 0 Å². The van der Waals surface area contributed by atoms with Crippen LogP contribution in [0.15, 0.2) is 6.20 Å². The zero-order chi connectivity index (χ0) is 13.2. The first-order valence-corrected chi connectivity index (χ1v) is 6.75. The van der Waals surface area contributed by atoms with Gasteiger partial charge in [-0.2, -0.15) is 0 Å². The molecule has 2 rings (SSSR count). The first kappa shape index (κ1) is 13.3. The minimum atomic E-state index is 0.292. The first-order chi connectivity index (χ1) is 8.53. The minimum absolute atomic E-state index is 0.292. The van der Waals surface area contributed by atoms with Gasteiger partial charge in [-0.25, -0.2) is 4.98 Å². The van der Waals surface area contributed by atoms with Crippen LogP contribution in [0, 0.1) is 13.8 Å². The van der Waals surface area contributed by atoms with Gasteiger partial charge >= 0.3 is 0 Å². The first-order valence-electron chi connectivity index (χ1n) is 6.75. The maximum absolute atomic E-state index is 4.53. The van der Waals surface area contributed by atoms with Crippen molar-refractivity contribution in [2.75, 3.05) is 26.0 Å². The van der Waals surface area contributed by atoms with E-state index >= 15 is 0 Å². The van der Waals surface area contributed by atoms with Crippen LogP contribution in [0.25, 0.3) is 0 Å². The molecule has 1 N–H and O–H groups in total. The van der Waals surface area contributed by atoms with E-state index in [-0.39, 0.29) is 0 Å². The highest BCUT2D eigenvalue weighted by Crippen LogP contribution is 2.33. The molecule has 0 aliphatic heterocycles. The van der Waals surface area contributed by atoms with E-state index in [1.54, 1.807) is 0 Å². The Bertz CT molecular complexity index is 408. The van der Waals surface area contributed by atoms with Gasteiger partial charge in [-0.05, 0) is 40.8 Å². The molecule has 1 aliphatic carbocycles. The third-order valence-corrected chi connectivity index (χ3v) is 4.27. The summed E-state index contributed by atoms with van der Waals surface area (Å²) in [6, 6.07) is 0. The Labute approximate surface area is 110 Å². The smallest absolute Gasteiger partial charge is 0.144 e. The fraction of sp³-hybridized carbons (Fsp3) is 0.714. The van der Waals surface area contributed by atoms with E-state index in [9.17, 15) is 0 Å². The van der Waals surface area contributed by atoms with Crippen molar-refractivity contribution in [2.24, 2.45) is 0 Å². The normalized spacial score (nSPS) is 18.3.